The highest BCUT2D eigenvalue weighted by Crippen LogP contribution is 2.20. The third-order valence-electron chi connectivity index (χ3n) is 3.00. The molecule has 0 saturated carbocycles. The van der Waals surface area contributed by atoms with Crippen molar-refractivity contribution in [1.29, 1.82) is 5.41 Å². The molecular weight excluding hydrogens is 216 g/mol. The van der Waals surface area contributed by atoms with Gasteiger partial charge in [-0.25, -0.2) is 0 Å². The number of pyridine rings is 1. The van der Waals surface area contributed by atoms with Gasteiger partial charge in [0.15, 0.2) is 0 Å². The van der Waals surface area contributed by atoms with E-state index in [9.17, 15) is 0 Å². The first-order valence-corrected chi connectivity index (χ1v) is 5.79. The number of amidine groups is 1. The van der Waals surface area contributed by atoms with Crippen molar-refractivity contribution in [2.45, 2.75) is 18.9 Å². The zero-order valence-corrected chi connectivity index (χ0v) is 10.0. The monoisotopic (exact) mass is 234 g/mol. The Kier molecular flexibility index (Phi) is 3.58. The van der Waals surface area contributed by atoms with Gasteiger partial charge in [-0.2, -0.15) is 0 Å². The van der Waals surface area contributed by atoms with Crippen LogP contribution in [0.3, 0.4) is 0 Å². The van der Waals surface area contributed by atoms with Crippen LogP contribution in [0.5, 0.6) is 0 Å². The Morgan fingerprint density at radius 3 is 3.18 bits per heavy atom. The van der Waals surface area contributed by atoms with Crippen molar-refractivity contribution in [3.8, 4) is 0 Å². The molecule has 1 unspecified atom stereocenters. The number of rotatable bonds is 4. The minimum Gasteiger partial charge on any atom is -0.384 e. The van der Waals surface area contributed by atoms with Crippen LogP contribution in [-0.4, -0.2) is 37.1 Å². The molecule has 1 saturated heterocycles. The van der Waals surface area contributed by atoms with Crippen molar-refractivity contribution in [1.82, 2.24) is 4.98 Å². The van der Waals surface area contributed by atoms with Crippen molar-refractivity contribution in [3.63, 3.8) is 0 Å². The van der Waals surface area contributed by atoms with Gasteiger partial charge in [0.2, 0.25) is 0 Å². The van der Waals surface area contributed by atoms with Crippen LogP contribution in [0, 0.1) is 5.41 Å². The maximum atomic E-state index is 7.55. The van der Waals surface area contributed by atoms with Crippen LogP contribution < -0.4 is 10.6 Å². The van der Waals surface area contributed by atoms with Crippen LogP contribution in [0.2, 0.25) is 0 Å². The second kappa shape index (κ2) is 5.14. The standard InChI is InChI=1S/C12H18N4O/c1-16(8-9-3-2-6-17-9)11-7-15-5-4-10(11)12(13)14/h4-5,7,9H,2-3,6,8H2,1H3,(H3,13,14). The third-order valence-corrected chi connectivity index (χ3v) is 3.00. The lowest BCUT2D eigenvalue weighted by Gasteiger charge is -2.24. The van der Waals surface area contributed by atoms with Gasteiger partial charge in [-0.1, -0.05) is 0 Å². The van der Waals surface area contributed by atoms with Crippen LogP contribution >= 0.6 is 0 Å². The van der Waals surface area contributed by atoms with Gasteiger partial charge in [-0.05, 0) is 18.9 Å². The summed E-state index contributed by atoms with van der Waals surface area (Å²) in [4.78, 5) is 6.14. The van der Waals surface area contributed by atoms with Crippen LogP contribution in [0.25, 0.3) is 0 Å². The smallest absolute Gasteiger partial charge is 0.125 e. The number of hydrogen-bond acceptors (Lipinski definition) is 4. The van der Waals surface area contributed by atoms with Crippen LogP contribution in [0.4, 0.5) is 5.69 Å². The Bertz CT molecular complexity index is 401. The van der Waals surface area contributed by atoms with E-state index in [1.54, 1.807) is 18.5 Å². The first kappa shape index (κ1) is 11.9. The van der Waals surface area contributed by atoms with Crippen LogP contribution in [-0.2, 0) is 4.74 Å². The van der Waals surface area contributed by atoms with Crippen LogP contribution in [0.1, 0.15) is 18.4 Å². The molecule has 1 aromatic heterocycles. The molecule has 1 aromatic rings. The minimum absolute atomic E-state index is 0.0709. The largest absolute Gasteiger partial charge is 0.384 e. The average Bonchev–Trinajstić information content (AvgIpc) is 2.81. The molecule has 0 spiro atoms. The third kappa shape index (κ3) is 2.74. The number of hydrogen-bond donors (Lipinski definition) is 2. The molecule has 0 aliphatic carbocycles. The molecule has 0 bridgehead atoms. The first-order chi connectivity index (χ1) is 8.18. The van der Waals surface area contributed by atoms with Gasteiger partial charge in [-0.15, -0.1) is 0 Å². The zero-order chi connectivity index (χ0) is 12.3. The maximum absolute atomic E-state index is 7.55. The molecule has 0 aromatic carbocycles. The van der Waals surface area contributed by atoms with E-state index in [0.717, 1.165) is 37.2 Å². The molecule has 1 fully saturated rings. The summed E-state index contributed by atoms with van der Waals surface area (Å²) in [6.07, 6.45) is 5.90. The van der Waals surface area contributed by atoms with E-state index < -0.39 is 0 Å². The van der Waals surface area contributed by atoms with E-state index in [4.69, 9.17) is 15.9 Å². The Labute approximate surface area is 101 Å². The predicted molar refractivity (Wildman–Crippen MR) is 67.5 cm³/mol. The molecule has 1 aliphatic heterocycles. The molecular formula is C12H18N4O. The van der Waals surface area contributed by atoms with E-state index in [1.165, 1.54) is 0 Å². The SMILES string of the molecule is CN(CC1CCCO1)c1cnccc1C(=N)N. The quantitative estimate of drug-likeness (QED) is 0.601. The summed E-state index contributed by atoms with van der Waals surface area (Å²) >= 11 is 0. The molecule has 2 heterocycles. The van der Waals surface area contributed by atoms with Crippen LogP contribution in [0.15, 0.2) is 18.5 Å². The Hall–Kier alpha value is -1.62. The molecule has 17 heavy (non-hydrogen) atoms. The van der Waals surface area contributed by atoms with Gasteiger partial charge >= 0.3 is 0 Å². The number of ether oxygens (including phenoxy) is 1. The average molecular weight is 234 g/mol. The fraction of sp³-hybridized carbons (Fsp3) is 0.500. The van der Waals surface area contributed by atoms with E-state index >= 15 is 0 Å². The van der Waals surface area contributed by atoms with Gasteiger partial charge in [-0.3, -0.25) is 10.4 Å². The number of nitrogen functional groups attached to an aromatic ring is 1. The second-order valence-corrected chi connectivity index (χ2v) is 4.32. The number of likely N-dealkylation sites (N-methyl/N-ethyl adjacent to an activating group) is 1. The topological polar surface area (TPSA) is 75.2 Å². The zero-order valence-electron chi connectivity index (χ0n) is 10.0. The van der Waals surface area contributed by atoms with Gasteiger partial charge in [0, 0.05) is 32.0 Å². The lowest BCUT2D eigenvalue weighted by atomic mass is 10.1. The summed E-state index contributed by atoms with van der Waals surface area (Å²) < 4.78 is 5.60. The van der Waals surface area contributed by atoms with Gasteiger partial charge < -0.3 is 15.4 Å². The lowest BCUT2D eigenvalue weighted by Crippen LogP contribution is -2.30. The molecule has 0 radical (unpaired) electrons. The van der Waals surface area contributed by atoms with E-state index in [-0.39, 0.29) is 11.9 Å². The van der Waals surface area contributed by atoms with Crippen molar-refractivity contribution in [3.05, 3.63) is 24.0 Å². The Morgan fingerprint density at radius 2 is 2.53 bits per heavy atom. The van der Waals surface area contributed by atoms with Crippen molar-refractivity contribution in [2.75, 3.05) is 25.1 Å². The first-order valence-electron chi connectivity index (χ1n) is 5.79. The summed E-state index contributed by atoms with van der Waals surface area (Å²) in [7, 11) is 1.98. The number of nitrogens with zero attached hydrogens (tertiary/aromatic N) is 2. The molecule has 3 N–H and O–H groups in total. The molecule has 2 rings (SSSR count). The highest BCUT2D eigenvalue weighted by Gasteiger charge is 2.19. The maximum Gasteiger partial charge on any atom is 0.125 e. The Balaban J connectivity index is 2.12. The van der Waals surface area contributed by atoms with Crippen molar-refractivity contribution < 1.29 is 4.74 Å². The van der Waals surface area contributed by atoms with Crippen molar-refractivity contribution >= 4 is 11.5 Å². The fourth-order valence-electron chi connectivity index (χ4n) is 2.11. The molecule has 0 amide bonds. The van der Waals surface area contributed by atoms with E-state index in [0.29, 0.717) is 0 Å². The lowest BCUT2D eigenvalue weighted by molar-refractivity contribution is 0.116. The van der Waals surface area contributed by atoms with Gasteiger partial charge in [0.1, 0.15) is 5.84 Å². The summed E-state index contributed by atoms with van der Waals surface area (Å²) in [6, 6.07) is 1.77. The number of nitrogens with two attached hydrogens (primary N) is 1. The summed E-state index contributed by atoms with van der Waals surface area (Å²) in [5.41, 5.74) is 7.17. The fourth-order valence-corrected chi connectivity index (χ4v) is 2.11. The van der Waals surface area contributed by atoms with E-state index in [2.05, 4.69) is 9.88 Å². The highest BCUT2D eigenvalue weighted by molar-refractivity contribution is 6.00. The second-order valence-electron chi connectivity index (χ2n) is 4.32. The Morgan fingerprint density at radius 1 is 1.71 bits per heavy atom. The molecule has 5 heteroatoms. The molecule has 1 atom stereocenters. The normalized spacial score (nSPS) is 19.2. The number of aromatic nitrogens is 1. The number of nitrogens with one attached hydrogen (secondary N) is 1. The number of anilines is 1. The molecule has 92 valence electrons. The summed E-state index contributed by atoms with van der Waals surface area (Å²) in [5.74, 6) is 0.0709. The summed E-state index contributed by atoms with van der Waals surface area (Å²) in [5, 5.41) is 7.55. The highest BCUT2D eigenvalue weighted by atomic mass is 16.5. The molecule has 1 aliphatic rings. The molecule has 5 nitrogen and oxygen atoms in total. The minimum atomic E-state index is 0.0709. The van der Waals surface area contributed by atoms with Crippen molar-refractivity contribution in [2.24, 2.45) is 5.73 Å². The van der Waals surface area contributed by atoms with Gasteiger partial charge in [0.25, 0.3) is 0 Å². The summed E-state index contributed by atoms with van der Waals surface area (Å²) in [6.45, 7) is 1.66. The van der Waals surface area contributed by atoms with E-state index in [1.807, 2.05) is 7.05 Å². The predicted octanol–water partition coefficient (Wildman–Crippen LogP) is 0.981. The van der Waals surface area contributed by atoms with Gasteiger partial charge in [0.05, 0.1) is 18.0 Å².